The van der Waals surface area contributed by atoms with Crippen molar-refractivity contribution in [1.82, 2.24) is 4.98 Å². The van der Waals surface area contributed by atoms with Gasteiger partial charge in [0.05, 0.1) is 18.3 Å². The number of nitrogens with one attached hydrogen (secondary N) is 2. The maximum atomic E-state index is 14.0. The second-order valence-electron chi connectivity index (χ2n) is 6.38. The van der Waals surface area contributed by atoms with E-state index in [0.29, 0.717) is 0 Å². The van der Waals surface area contributed by atoms with E-state index in [-0.39, 0.29) is 11.4 Å². The molecule has 6 nitrogen and oxygen atoms in total. The van der Waals surface area contributed by atoms with E-state index in [0.717, 1.165) is 49.6 Å². The first kappa shape index (κ1) is 23.1. The van der Waals surface area contributed by atoms with Gasteiger partial charge in [0, 0.05) is 11.1 Å². The van der Waals surface area contributed by atoms with Gasteiger partial charge in [-0.2, -0.15) is 13.2 Å². The van der Waals surface area contributed by atoms with Crippen LogP contribution in [0.5, 0.6) is 5.75 Å². The molecule has 3 aromatic rings. The SMILES string of the molecule is COc1c(NC(=O)c2c(F)cccc2F)cc(NC(=O)c2cscn2)c(C)c1C(F)(F)F. The molecule has 0 atom stereocenters. The fraction of sp³-hybridized carbons (Fsp3) is 0.150. The largest absolute Gasteiger partial charge is 0.494 e. The van der Waals surface area contributed by atoms with E-state index in [2.05, 4.69) is 10.3 Å². The summed E-state index contributed by atoms with van der Waals surface area (Å²) in [6, 6.07) is 3.68. The number of ether oxygens (including phenoxy) is 1. The fourth-order valence-corrected chi connectivity index (χ4v) is 3.48. The van der Waals surface area contributed by atoms with Crippen molar-refractivity contribution in [2.24, 2.45) is 0 Å². The topological polar surface area (TPSA) is 80.3 Å². The zero-order valence-corrected chi connectivity index (χ0v) is 17.3. The molecule has 0 aliphatic heterocycles. The molecule has 168 valence electrons. The molecule has 2 N–H and O–H groups in total. The lowest BCUT2D eigenvalue weighted by atomic mass is 10.0. The van der Waals surface area contributed by atoms with Gasteiger partial charge in [-0.3, -0.25) is 9.59 Å². The van der Waals surface area contributed by atoms with Crippen LogP contribution in [-0.2, 0) is 6.18 Å². The number of nitrogens with zero attached hydrogens (tertiary/aromatic N) is 1. The van der Waals surface area contributed by atoms with Gasteiger partial charge in [-0.25, -0.2) is 13.8 Å². The summed E-state index contributed by atoms with van der Waals surface area (Å²) in [7, 11) is 0.941. The first-order chi connectivity index (χ1) is 15.0. The molecule has 0 aliphatic rings. The highest BCUT2D eigenvalue weighted by molar-refractivity contribution is 7.07. The van der Waals surface area contributed by atoms with Crippen LogP contribution in [0.25, 0.3) is 0 Å². The number of anilines is 2. The van der Waals surface area contributed by atoms with Gasteiger partial charge in [-0.05, 0) is 30.7 Å². The molecule has 0 spiro atoms. The monoisotopic (exact) mass is 471 g/mol. The van der Waals surface area contributed by atoms with Crippen molar-refractivity contribution >= 4 is 34.5 Å². The summed E-state index contributed by atoms with van der Waals surface area (Å²) < 4.78 is 74.2. The molecule has 0 radical (unpaired) electrons. The van der Waals surface area contributed by atoms with Gasteiger partial charge < -0.3 is 15.4 Å². The van der Waals surface area contributed by atoms with Crippen molar-refractivity contribution in [3.63, 3.8) is 0 Å². The van der Waals surface area contributed by atoms with E-state index < -0.39 is 57.8 Å². The molecule has 0 fully saturated rings. The molecule has 3 rings (SSSR count). The highest BCUT2D eigenvalue weighted by atomic mass is 32.1. The molecule has 1 aromatic heterocycles. The molecule has 0 bridgehead atoms. The first-order valence-corrected chi connectivity index (χ1v) is 9.72. The zero-order chi connectivity index (χ0) is 23.6. The fourth-order valence-electron chi connectivity index (χ4n) is 2.94. The summed E-state index contributed by atoms with van der Waals surface area (Å²) in [5, 5.41) is 5.73. The molecule has 2 amide bonds. The van der Waals surface area contributed by atoms with Crippen LogP contribution < -0.4 is 15.4 Å². The number of halogens is 5. The Balaban J connectivity index is 2.11. The Morgan fingerprint density at radius 1 is 1.06 bits per heavy atom. The smallest absolute Gasteiger partial charge is 0.420 e. The van der Waals surface area contributed by atoms with Gasteiger partial charge in [0.25, 0.3) is 11.8 Å². The molecule has 2 aromatic carbocycles. The van der Waals surface area contributed by atoms with Crippen molar-refractivity contribution in [3.05, 3.63) is 69.2 Å². The van der Waals surface area contributed by atoms with E-state index >= 15 is 0 Å². The van der Waals surface area contributed by atoms with Crippen molar-refractivity contribution in [1.29, 1.82) is 0 Å². The van der Waals surface area contributed by atoms with E-state index in [4.69, 9.17) is 4.74 Å². The Kier molecular flexibility index (Phi) is 6.44. The number of hydrogen-bond donors (Lipinski definition) is 2. The Morgan fingerprint density at radius 3 is 2.22 bits per heavy atom. The minimum absolute atomic E-state index is 0.0298. The quantitative estimate of drug-likeness (QED) is 0.498. The van der Waals surface area contributed by atoms with Crippen LogP contribution in [0.15, 0.2) is 35.2 Å². The van der Waals surface area contributed by atoms with E-state index in [1.165, 1.54) is 10.9 Å². The van der Waals surface area contributed by atoms with Crippen LogP contribution in [0, 0.1) is 18.6 Å². The highest BCUT2D eigenvalue weighted by Crippen LogP contribution is 2.45. The van der Waals surface area contributed by atoms with Crippen molar-refractivity contribution in [3.8, 4) is 5.75 Å². The molecule has 1 heterocycles. The number of rotatable bonds is 5. The number of aromatic nitrogens is 1. The molecule has 0 saturated carbocycles. The van der Waals surface area contributed by atoms with E-state index in [9.17, 15) is 31.5 Å². The number of alkyl halides is 3. The predicted octanol–water partition coefficient (Wildman–Crippen LogP) is 5.26. The second kappa shape index (κ2) is 8.91. The third-order valence-electron chi connectivity index (χ3n) is 4.38. The predicted molar refractivity (Wildman–Crippen MR) is 107 cm³/mol. The summed E-state index contributed by atoms with van der Waals surface area (Å²) in [5.74, 6) is -5.33. The average Bonchev–Trinajstić information content (AvgIpc) is 3.24. The number of hydrogen-bond acceptors (Lipinski definition) is 5. The molecular formula is C20H14F5N3O3S. The average molecular weight is 471 g/mol. The lowest BCUT2D eigenvalue weighted by Crippen LogP contribution is -2.20. The van der Waals surface area contributed by atoms with Crippen molar-refractivity contribution in [2.75, 3.05) is 17.7 Å². The van der Waals surface area contributed by atoms with Gasteiger partial charge in [0.15, 0.2) is 5.75 Å². The van der Waals surface area contributed by atoms with Gasteiger partial charge in [-0.1, -0.05) is 6.07 Å². The van der Waals surface area contributed by atoms with Crippen LogP contribution in [0.2, 0.25) is 0 Å². The van der Waals surface area contributed by atoms with E-state index in [1.54, 1.807) is 0 Å². The molecule has 32 heavy (non-hydrogen) atoms. The normalized spacial score (nSPS) is 11.2. The van der Waals surface area contributed by atoms with Crippen LogP contribution in [0.3, 0.4) is 0 Å². The summed E-state index contributed by atoms with van der Waals surface area (Å²) in [5.41, 5.74) is -2.18. The number of carbonyl (C=O) groups excluding carboxylic acids is 2. The molecule has 0 aliphatic carbocycles. The minimum Gasteiger partial charge on any atom is -0.494 e. The van der Waals surface area contributed by atoms with Crippen LogP contribution >= 0.6 is 11.3 Å². The Morgan fingerprint density at radius 2 is 1.69 bits per heavy atom. The molecule has 0 unspecified atom stereocenters. The molecular weight excluding hydrogens is 457 g/mol. The Hall–Kier alpha value is -3.54. The number of carbonyl (C=O) groups is 2. The Labute approximate surface area is 182 Å². The third kappa shape index (κ3) is 4.54. The third-order valence-corrected chi connectivity index (χ3v) is 4.96. The molecule has 0 saturated heterocycles. The van der Waals surface area contributed by atoms with Gasteiger partial charge in [0.1, 0.15) is 28.5 Å². The van der Waals surface area contributed by atoms with Crippen molar-refractivity contribution in [2.45, 2.75) is 13.1 Å². The van der Waals surface area contributed by atoms with Gasteiger partial charge in [0.2, 0.25) is 0 Å². The van der Waals surface area contributed by atoms with Gasteiger partial charge >= 0.3 is 6.18 Å². The molecule has 12 heteroatoms. The van der Waals surface area contributed by atoms with Crippen molar-refractivity contribution < 1.29 is 36.3 Å². The zero-order valence-electron chi connectivity index (χ0n) is 16.4. The number of thiazole rings is 1. The Bertz CT molecular complexity index is 1160. The lowest BCUT2D eigenvalue weighted by molar-refractivity contribution is -0.139. The van der Waals surface area contributed by atoms with Crippen LogP contribution in [0.4, 0.5) is 33.3 Å². The summed E-state index contributed by atoms with van der Waals surface area (Å²) >= 11 is 1.11. The van der Waals surface area contributed by atoms with Crippen LogP contribution in [0.1, 0.15) is 32.0 Å². The second-order valence-corrected chi connectivity index (χ2v) is 7.10. The summed E-state index contributed by atoms with van der Waals surface area (Å²) in [6.07, 6.45) is -4.94. The standard InChI is InChI=1S/C20H14F5N3O3S/c1-9-12(27-18(29)14-7-32-8-26-14)6-13(17(31-2)16(9)20(23,24)25)28-19(30)15-10(21)4-3-5-11(15)22/h3-8H,1-2H3,(H,27,29)(H,28,30). The maximum Gasteiger partial charge on any atom is 0.420 e. The maximum absolute atomic E-state index is 14.0. The highest BCUT2D eigenvalue weighted by Gasteiger charge is 2.39. The number of methoxy groups -OCH3 is 1. The number of amides is 2. The minimum atomic E-state index is -4.94. The summed E-state index contributed by atoms with van der Waals surface area (Å²) in [6.45, 7) is 1.10. The summed E-state index contributed by atoms with van der Waals surface area (Å²) in [4.78, 5) is 28.6. The van der Waals surface area contributed by atoms with Gasteiger partial charge in [-0.15, -0.1) is 11.3 Å². The van der Waals surface area contributed by atoms with E-state index in [1.807, 2.05) is 5.32 Å². The first-order valence-electron chi connectivity index (χ1n) is 8.78. The van der Waals surface area contributed by atoms with Crippen LogP contribution in [-0.4, -0.2) is 23.9 Å². The lowest BCUT2D eigenvalue weighted by Gasteiger charge is -2.21. The number of benzene rings is 2.